The van der Waals surface area contributed by atoms with Crippen LogP contribution in [0.4, 0.5) is 5.69 Å². The molecular weight excluding hydrogens is 230 g/mol. The number of methoxy groups -OCH3 is 1. The molecule has 0 bridgehead atoms. The molecule has 5 nitrogen and oxygen atoms in total. The minimum atomic E-state index is 0.114. The average molecular weight is 249 g/mol. The van der Waals surface area contributed by atoms with Crippen molar-refractivity contribution in [2.45, 2.75) is 0 Å². The lowest BCUT2D eigenvalue weighted by Gasteiger charge is -2.34. The molecular formula is C13H19N3O2. The second-order valence-electron chi connectivity index (χ2n) is 4.31. The van der Waals surface area contributed by atoms with Crippen LogP contribution in [0.25, 0.3) is 0 Å². The largest absolute Gasteiger partial charge is 0.497 e. The molecule has 0 radical (unpaired) electrons. The Hall–Kier alpha value is -1.59. The molecule has 0 aromatic heterocycles. The van der Waals surface area contributed by atoms with Crippen LogP contribution in [0.15, 0.2) is 24.3 Å². The van der Waals surface area contributed by atoms with E-state index in [4.69, 9.17) is 10.5 Å². The third-order valence-corrected chi connectivity index (χ3v) is 3.11. The number of benzene rings is 1. The van der Waals surface area contributed by atoms with Crippen LogP contribution < -0.4 is 15.4 Å². The highest BCUT2D eigenvalue weighted by molar-refractivity contribution is 5.95. The second-order valence-corrected chi connectivity index (χ2v) is 4.31. The maximum Gasteiger partial charge on any atom is 0.241 e. The average Bonchev–Trinajstić information content (AvgIpc) is 2.39. The molecule has 18 heavy (non-hydrogen) atoms. The summed E-state index contributed by atoms with van der Waals surface area (Å²) in [6.45, 7) is 3.37. The van der Waals surface area contributed by atoms with Gasteiger partial charge in [0.25, 0.3) is 0 Å². The normalized spacial score (nSPS) is 17.0. The van der Waals surface area contributed by atoms with Crippen LogP contribution in [0.2, 0.25) is 0 Å². The Bertz CT molecular complexity index is 422. The van der Waals surface area contributed by atoms with E-state index < -0.39 is 0 Å². The molecule has 5 heteroatoms. The first-order valence-electron chi connectivity index (χ1n) is 6.11. The van der Waals surface area contributed by atoms with Gasteiger partial charge in [0.2, 0.25) is 5.91 Å². The predicted molar refractivity (Wildman–Crippen MR) is 70.8 cm³/mol. The maximum absolute atomic E-state index is 12.1. The molecule has 1 saturated heterocycles. The van der Waals surface area contributed by atoms with Gasteiger partial charge in [0.15, 0.2) is 0 Å². The van der Waals surface area contributed by atoms with E-state index in [1.807, 2.05) is 24.3 Å². The Labute approximate surface area is 107 Å². The van der Waals surface area contributed by atoms with Crippen molar-refractivity contribution < 1.29 is 9.53 Å². The van der Waals surface area contributed by atoms with E-state index in [1.54, 1.807) is 12.0 Å². The van der Waals surface area contributed by atoms with Gasteiger partial charge in [-0.15, -0.1) is 0 Å². The van der Waals surface area contributed by atoms with E-state index in [-0.39, 0.29) is 5.91 Å². The van der Waals surface area contributed by atoms with E-state index in [2.05, 4.69) is 4.90 Å². The number of amides is 1. The lowest BCUT2D eigenvalue weighted by molar-refractivity contribution is -0.121. The van der Waals surface area contributed by atoms with E-state index in [0.29, 0.717) is 19.6 Å². The number of ether oxygens (including phenoxy) is 1. The van der Waals surface area contributed by atoms with Crippen LogP contribution in [0.5, 0.6) is 5.75 Å². The third-order valence-electron chi connectivity index (χ3n) is 3.11. The SMILES string of the molecule is COc1cccc(N2CCN(CCN)CC2=O)c1. The van der Waals surface area contributed by atoms with Crippen molar-refractivity contribution in [3.8, 4) is 5.75 Å². The van der Waals surface area contributed by atoms with Gasteiger partial charge in [-0.1, -0.05) is 6.07 Å². The summed E-state index contributed by atoms with van der Waals surface area (Å²) in [5.41, 5.74) is 6.40. The summed E-state index contributed by atoms with van der Waals surface area (Å²) in [5.74, 6) is 0.882. The van der Waals surface area contributed by atoms with Crippen LogP contribution in [-0.4, -0.2) is 50.6 Å². The molecule has 2 rings (SSSR count). The fourth-order valence-corrected chi connectivity index (χ4v) is 2.15. The van der Waals surface area contributed by atoms with Gasteiger partial charge >= 0.3 is 0 Å². The number of anilines is 1. The Kier molecular flexibility index (Phi) is 4.17. The van der Waals surface area contributed by atoms with Crippen molar-refractivity contribution in [3.63, 3.8) is 0 Å². The molecule has 0 saturated carbocycles. The lowest BCUT2D eigenvalue weighted by atomic mass is 10.2. The lowest BCUT2D eigenvalue weighted by Crippen LogP contribution is -2.51. The molecule has 0 atom stereocenters. The van der Waals surface area contributed by atoms with Crippen LogP contribution in [-0.2, 0) is 4.79 Å². The number of nitrogens with zero attached hydrogens (tertiary/aromatic N) is 2. The number of nitrogens with two attached hydrogens (primary N) is 1. The summed E-state index contributed by atoms with van der Waals surface area (Å²) in [7, 11) is 1.63. The van der Waals surface area contributed by atoms with Gasteiger partial charge < -0.3 is 15.4 Å². The summed E-state index contributed by atoms with van der Waals surface area (Å²) in [6.07, 6.45) is 0. The van der Waals surface area contributed by atoms with Crippen LogP contribution in [0, 0.1) is 0 Å². The van der Waals surface area contributed by atoms with Gasteiger partial charge in [0.1, 0.15) is 5.75 Å². The van der Waals surface area contributed by atoms with Crippen LogP contribution >= 0.6 is 0 Å². The smallest absolute Gasteiger partial charge is 0.241 e. The predicted octanol–water partition coefficient (Wildman–Crippen LogP) is 0.303. The van der Waals surface area contributed by atoms with Crippen molar-refractivity contribution in [2.75, 3.05) is 44.7 Å². The number of hydrogen-bond donors (Lipinski definition) is 1. The zero-order valence-electron chi connectivity index (χ0n) is 10.6. The molecule has 2 N–H and O–H groups in total. The zero-order chi connectivity index (χ0) is 13.0. The molecule has 0 spiro atoms. The molecule has 1 amide bonds. The summed E-state index contributed by atoms with van der Waals surface area (Å²) >= 11 is 0. The molecule has 1 fully saturated rings. The Morgan fingerprint density at radius 2 is 2.22 bits per heavy atom. The van der Waals surface area contributed by atoms with Crippen LogP contribution in [0.1, 0.15) is 0 Å². The van der Waals surface area contributed by atoms with Gasteiger partial charge in [-0.3, -0.25) is 9.69 Å². The zero-order valence-corrected chi connectivity index (χ0v) is 10.6. The maximum atomic E-state index is 12.1. The Morgan fingerprint density at radius 3 is 2.89 bits per heavy atom. The number of carbonyl (C=O) groups is 1. The highest BCUT2D eigenvalue weighted by atomic mass is 16.5. The van der Waals surface area contributed by atoms with E-state index in [0.717, 1.165) is 24.5 Å². The van der Waals surface area contributed by atoms with Crippen LogP contribution in [0.3, 0.4) is 0 Å². The molecule has 1 aliphatic rings. The molecule has 98 valence electrons. The summed E-state index contributed by atoms with van der Waals surface area (Å²) in [4.78, 5) is 16.0. The van der Waals surface area contributed by atoms with Gasteiger partial charge in [0, 0.05) is 37.9 Å². The second kappa shape index (κ2) is 5.84. The third kappa shape index (κ3) is 2.80. The first-order valence-corrected chi connectivity index (χ1v) is 6.11. The monoisotopic (exact) mass is 249 g/mol. The standard InChI is InChI=1S/C13H19N3O2/c1-18-12-4-2-3-11(9-12)16-8-7-15(6-5-14)10-13(16)17/h2-4,9H,5-8,10,14H2,1H3. The first-order chi connectivity index (χ1) is 8.74. The van der Waals surface area contributed by atoms with Crippen molar-refractivity contribution in [1.82, 2.24) is 4.90 Å². The van der Waals surface area contributed by atoms with Gasteiger partial charge in [-0.05, 0) is 12.1 Å². The minimum Gasteiger partial charge on any atom is -0.497 e. The molecule has 1 aromatic carbocycles. The van der Waals surface area contributed by atoms with Crippen molar-refractivity contribution in [2.24, 2.45) is 5.73 Å². The van der Waals surface area contributed by atoms with Gasteiger partial charge in [-0.25, -0.2) is 0 Å². The number of piperazine rings is 1. The topological polar surface area (TPSA) is 58.8 Å². The molecule has 0 aliphatic carbocycles. The highest BCUT2D eigenvalue weighted by Gasteiger charge is 2.24. The number of carbonyl (C=O) groups excluding carboxylic acids is 1. The van der Waals surface area contributed by atoms with Gasteiger partial charge in [-0.2, -0.15) is 0 Å². The fourth-order valence-electron chi connectivity index (χ4n) is 2.15. The fraction of sp³-hybridized carbons (Fsp3) is 0.462. The van der Waals surface area contributed by atoms with E-state index in [9.17, 15) is 4.79 Å². The molecule has 1 heterocycles. The number of rotatable bonds is 4. The minimum absolute atomic E-state index is 0.114. The van der Waals surface area contributed by atoms with Crippen molar-refractivity contribution in [3.05, 3.63) is 24.3 Å². The summed E-state index contributed by atoms with van der Waals surface area (Å²) < 4.78 is 5.18. The number of hydrogen-bond acceptors (Lipinski definition) is 4. The highest BCUT2D eigenvalue weighted by Crippen LogP contribution is 2.22. The first kappa shape index (κ1) is 12.9. The van der Waals surface area contributed by atoms with Crippen molar-refractivity contribution in [1.29, 1.82) is 0 Å². The van der Waals surface area contributed by atoms with Crippen molar-refractivity contribution >= 4 is 11.6 Å². The molecule has 1 aliphatic heterocycles. The Balaban J connectivity index is 2.08. The molecule has 0 unspecified atom stereocenters. The van der Waals surface area contributed by atoms with E-state index >= 15 is 0 Å². The van der Waals surface area contributed by atoms with Gasteiger partial charge in [0.05, 0.1) is 13.7 Å². The van der Waals surface area contributed by atoms with E-state index in [1.165, 1.54) is 0 Å². The quantitative estimate of drug-likeness (QED) is 0.834. The summed E-state index contributed by atoms with van der Waals surface area (Å²) in [5, 5.41) is 0. The molecule has 1 aromatic rings. The Morgan fingerprint density at radius 1 is 1.39 bits per heavy atom. The summed E-state index contributed by atoms with van der Waals surface area (Å²) in [6, 6.07) is 7.59.